The maximum atomic E-state index is 12.5. The van der Waals surface area contributed by atoms with Crippen molar-refractivity contribution in [3.63, 3.8) is 0 Å². The predicted octanol–water partition coefficient (Wildman–Crippen LogP) is 2.17. The largest absolute Gasteiger partial charge is 0.742 e. The molecular formula is C19H14N3O6S2-. The molecule has 1 aromatic carbocycles. The molecule has 154 valence electrons. The van der Waals surface area contributed by atoms with Crippen LogP contribution >= 0.6 is 11.3 Å². The summed E-state index contributed by atoms with van der Waals surface area (Å²) in [6.07, 6.45) is 2.51. The zero-order valence-electron chi connectivity index (χ0n) is 15.1. The number of carbonyl (C=O) groups is 2. The molecule has 0 saturated heterocycles. The van der Waals surface area contributed by atoms with Gasteiger partial charge in [0.25, 0.3) is 11.8 Å². The summed E-state index contributed by atoms with van der Waals surface area (Å²) < 4.78 is 37.4. The van der Waals surface area contributed by atoms with Crippen molar-refractivity contribution in [2.75, 3.05) is 0 Å². The van der Waals surface area contributed by atoms with Crippen molar-refractivity contribution in [2.45, 2.75) is 5.09 Å². The molecule has 2 heterocycles. The van der Waals surface area contributed by atoms with Crippen molar-refractivity contribution < 1.29 is 27.0 Å². The molecule has 2 aromatic heterocycles. The van der Waals surface area contributed by atoms with E-state index in [1.54, 1.807) is 42.5 Å². The topological polar surface area (TPSA) is 141 Å². The summed E-state index contributed by atoms with van der Waals surface area (Å²) in [7, 11) is -4.73. The van der Waals surface area contributed by atoms with Gasteiger partial charge in [0.05, 0.1) is 6.21 Å². The number of hydrazone groups is 1. The van der Waals surface area contributed by atoms with Crippen LogP contribution in [-0.4, -0.2) is 31.0 Å². The molecule has 0 bridgehead atoms. The second kappa shape index (κ2) is 9.31. The number of hydrogen-bond acceptors (Lipinski definition) is 8. The highest BCUT2D eigenvalue weighted by Crippen LogP contribution is 2.14. The fourth-order valence-electron chi connectivity index (χ4n) is 2.21. The fourth-order valence-corrected chi connectivity index (χ4v) is 3.30. The number of hydrogen-bond donors (Lipinski definition) is 2. The van der Waals surface area contributed by atoms with E-state index in [1.165, 1.54) is 23.5 Å². The number of thiophene rings is 1. The van der Waals surface area contributed by atoms with E-state index < -0.39 is 27.0 Å². The lowest BCUT2D eigenvalue weighted by atomic mass is 10.2. The summed E-state index contributed by atoms with van der Waals surface area (Å²) >= 11 is 1.37. The molecule has 0 unspecified atom stereocenters. The van der Waals surface area contributed by atoms with Gasteiger partial charge in [0.1, 0.15) is 11.5 Å². The van der Waals surface area contributed by atoms with E-state index >= 15 is 0 Å². The van der Waals surface area contributed by atoms with Crippen LogP contribution in [0.25, 0.3) is 6.08 Å². The van der Waals surface area contributed by atoms with Gasteiger partial charge in [0.2, 0.25) is 5.09 Å². The van der Waals surface area contributed by atoms with E-state index in [4.69, 9.17) is 4.42 Å². The molecule has 0 radical (unpaired) electrons. The van der Waals surface area contributed by atoms with E-state index in [-0.39, 0.29) is 11.5 Å². The standard InChI is InChI=1S/C19H15N3O6S2/c23-18(13-5-2-1-3-6-13)21-16(11-15-7-4-10-29-15)19(24)22-20-12-14-8-9-17(28-14)30(25,26)27/h1-12H,(H,21,23)(H,22,24)(H,25,26,27)/p-1/b16-11+,20-12-. The molecule has 0 atom stereocenters. The first-order valence-electron chi connectivity index (χ1n) is 8.33. The van der Waals surface area contributed by atoms with Gasteiger partial charge in [-0.15, -0.1) is 11.3 Å². The molecule has 0 aliphatic rings. The van der Waals surface area contributed by atoms with Crippen LogP contribution in [0.3, 0.4) is 0 Å². The van der Waals surface area contributed by atoms with Gasteiger partial charge in [0, 0.05) is 10.4 Å². The average molecular weight is 444 g/mol. The maximum Gasteiger partial charge on any atom is 0.287 e. The van der Waals surface area contributed by atoms with Crippen LogP contribution in [-0.2, 0) is 14.9 Å². The number of rotatable bonds is 7. The Labute approximate surface area is 175 Å². The summed E-state index contributed by atoms with van der Waals surface area (Å²) in [6, 6.07) is 14.1. The molecule has 3 aromatic rings. The zero-order chi connectivity index (χ0) is 21.6. The summed E-state index contributed by atoms with van der Waals surface area (Å²) in [5.74, 6) is -1.25. The molecule has 0 spiro atoms. The third-order valence-electron chi connectivity index (χ3n) is 3.56. The average Bonchev–Trinajstić information content (AvgIpc) is 3.40. The number of furan rings is 1. The van der Waals surface area contributed by atoms with Gasteiger partial charge >= 0.3 is 0 Å². The van der Waals surface area contributed by atoms with Crippen LogP contribution < -0.4 is 10.7 Å². The monoisotopic (exact) mass is 444 g/mol. The van der Waals surface area contributed by atoms with Crippen LogP contribution in [0.2, 0.25) is 0 Å². The maximum absolute atomic E-state index is 12.5. The molecule has 0 aliphatic heterocycles. The van der Waals surface area contributed by atoms with Crippen LogP contribution in [0.4, 0.5) is 0 Å². The molecule has 30 heavy (non-hydrogen) atoms. The van der Waals surface area contributed by atoms with Gasteiger partial charge in [-0.2, -0.15) is 5.10 Å². The Morgan fingerprint density at radius 3 is 2.47 bits per heavy atom. The minimum atomic E-state index is -4.73. The highest BCUT2D eigenvalue weighted by Gasteiger charge is 2.14. The van der Waals surface area contributed by atoms with Crippen molar-refractivity contribution in [3.8, 4) is 0 Å². The second-order valence-corrected chi connectivity index (χ2v) is 7.99. The smallest absolute Gasteiger partial charge is 0.287 e. The third-order valence-corrected chi connectivity index (χ3v) is 5.10. The minimum absolute atomic E-state index is 0.0503. The Kier molecular flexibility index (Phi) is 6.57. The zero-order valence-corrected chi connectivity index (χ0v) is 16.8. The van der Waals surface area contributed by atoms with Crippen molar-refractivity contribution in [1.82, 2.24) is 10.7 Å². The Morgan fingerprint density at radius 1 is 1.07 bits per heavy atom. The summed E-state index contributed by atoms with van der Waals surface area (Å²) in [6.45, 7) is 0. The van der Waals surface area contributed by atoms with Gasteiger partial charge < -0.3 is 14.3 Å². The first-order valence-corrected chi connectivity index (χ1v) is 10.6. The Bertz CT molecular complexity index is 1200. The summed E-state index contributed by atoms with van der Waals surface area (Å²) in [5.41, 5.74) is 2.53. The normalized spacial score (nSPS) is 12.1. The van der Waals surface area contributed by atoms with Gasteiger partial charge in [0.15, 0.2) is 10.1 Å². The van der Waals surface area contributed by atoms with Crippen LogP contribution in [0, 0.1) is 0 Å². The molecular weight excluding hydrogens is 430 g/mol. The van der Waals surface area contributed by atoms with Crippen LogP contribution in [0.15, 0.2) is 80.3 Å². The van der Waals surface area contributed by atoms with E-state index in [1.807, 2.05) is 5.38 Å². The lowest BCUT2D eigenvalue weighted by Gasteiger charge is -2.08. The molecule has 2 N–H and O–H groups in total. The second-order valence-electron chi connectivity index (χ2n) is 5.70. The van der Waals surface area contributed by atoms with E-state index in [0.717, 1.165) is 17.2 Å². The summed E-state index contributed by atoms with van der Waals surface area (Å²) in [5, 5.41) is 7.26. The SMILES string of the molecule is O=C(N/N=C\c1ccc(S(=O)(=O)[O-])o1)/C(=C\c1cccs1)NC(=O)c1ccccc1. The lowest BCUT2D eigenvalue weighted by molar-refractivity contribution is -0.117. The Morgan fingerprint density at radius 2 is 1.83 bits per heavy atom. The van der Waals surface area contributed by atoms with Crippen molar-refractivity contribution in [1.29, 1.82) is 0 Å². The van der Waals surface area contributed by atoms with Gasteiger partial charge in [-0.05, 0) is 41.8 Å². The molecule has 11 heteroatoms. The number of nitrogens with one attached hydrogen (secondary N) is 2. The van der Waals surface area contributed by atoms with Crippen molar-refractivity contribution in [2.24, 2.45) is 5.10 Å². The Hall–Kier alpha value is -3.54. The first kappa shape index (κ1) is 21.2. The highest BCUT2D eigenvalue weighted by atomic mass is 32.2. The van der Waals surface area contributed by atoms with E-state index in [0.29, 0.717) is 5.56 Å². The van der Waals surface area contributed by atoms with Crippen molar-refractivity contribution in [3.05, 3.63) is 81.9 Å². The molecule has 2 amide bonds. The first-order chi connectivity index (χ1) is 14.3. The Balaban J connectivity index is 1.74. The molecule has 3 rings (SSSR count). The molecule has 0 aliphatic carbocycles. The van der Waals surface area contributed by atoms with Crippen molar-refractivity contribution >= 4 is 45.6 Å². The molecule has 9 nitrogen and oxygen atoms in total. The number of carbonyl (C=O) groups excluding carboxylic acids is 2. The number of amides is 2. The van der Waals surface area contributed by atoms with E-state index in [9.17, 15) is 22.6 Å². The number of benzene rings is 1. The van der Waals surface area contributed by atoms with E-state index in [2.05, 4.69) is 15.8 Å². The summed E-state index contributed by atoms with van der Waals surface area (Å²) in [4.78, 5) is 25.7. The van der Waals surface area contributed by atoms with Gasteiger partial charge in [-0.3, -0.25) is 9.59 Å². The van der Waals surface area contributed by atoms with Gasteiger partial charge in [-0.1, -0.05) is 24.3 Å². The number of nitrogens with zero attached hydrogens (tertiary/aromatic N) is 1. The lowest BCUT2D eigenvalue weighted by Crippen LogP contribution is -2.32. The van der Waals surface area contributed by atoms with Crippen LogP contribution in [0.5, 0.6) is 0 Å². The molecule has 0 fully saturated rings. The third kappa shape index (κ3) is 5.73. The minimum Gasteiger partial charge on any atom is -0.742 e. The van der Waals surface area contributed by atoms with Crippen LogP contribution in [0.1, 0.15) is 21.0 Å². The van der Waals surface area contributed by atoms with Gasteiger partial charge in [-0.25, -0.2) is 13.8 Å². The quantitative estimate of drug-likeness (QED) is 0.248. The predicted molar refractivity (Wildman–Crippen MR) is 109 cm³/mol. The highest BCUT2D eigenvalue weighted by molar-refractivity contribution is 7.85. The fraction of sp³-hybridized carbons (Fsp3) is 0. The molecule has 0 saturated carbocycles.